The van der Waals surface area contributed by atoms with E-state index in [0.717, 1.165) is 0 Å². The van der Waals surface area contributed by atoms with Gasteiger partial charge < -0.3 is 15.3 Å². The number of carboxylic acids is 1. The molecular formula is C13H24N2O4. The van der Waals surface area contributed by atoms with Crippen molar-refractivity contribution in [3.8, 4) is 0 Å². The summed E-state index contributed by atoms with van der Waals surface area (Å²) in [4.78, 5) is 35.4. The predicted molar refractivity (Wildman–Crippen MR) is 71.6 cm³/mol. The van der Waals surface area contributed by atoms with Crippen LogP contribution in [0, 0.1) is 5.41 Å². The number of nitrogens with zero attached hydrogens (tertiary/aromatic N) is 1. The van der Waals surface area contributed by atoms with Gasteiger partial charge >= 0.3 is 5.97 Å². The number of aliphatic carboxylic acids is 1. The Morgan fingerprint density at radius 1 is 1.21 bits per heavy atom. The van der Waals surface area contributed by atoms with Gasteiger partial charge in [-0.2, -0.15) is 0 Å². The van der Waals surface area contributed by atoms with Crippen LogP contribution in [-0.2, 0) is 14.4 Å². The van der Waals surface area contributed by atoms with Crippen LogP contribution in [-0.4, -0.2) is 47.4 Å². The largest absolute Gasteiger partial charge is 0.481 e. The third-order valence-electron chi connectivity index (χ3n) is 2.52. The van der Waals surface area contributed by atoms with Gasteiger partial charge in [0.2, 0.25) is 11.8 Å². The van der Waals surface area contributed by atoms with Gasteiger partial charge in [-0.3, -0.25) is 14.4 Å². The van der Waals surface area contributed by atoms with Crippen LogP contribution in [0.25, 0.3) is 0 Å². The van der Waals surface area contributed by atoms with E-state index in [2.05, 4.69) is 5.32 Å². The molecule has 0 aromatic heterocycles. The minimum absolute atomic E-state index is 0.0137. The number of likely N-dealkylation sites (N-methyl/N-ethyl adjacent to an activating group) is 1. The summed E-state index contributed by atoms with van der Waals surface area (Å²) in [5.74, 6) is -1.38. The van der Waals surface area contributed by atoms with E-state index in [1.807, 2.05) is 13.8 Å². The molecule has 0 atom stereocenters. The highest BCUT2D eigenvalue weighted by Crippen LogP contribution is 2.25. The van der Waals surface area contributed by atoms with Crippen molar-refractivity contribution in [2.24, 2.45) is 5.41 Å². The molecule has 6 heteroatoms. The highest BCUT2D eigenvalue weighted by Gasteiger charge is 2.27. The van der Waals surface area contributed by atoms with Crippen LogP contribution in [0.5, 0.6) is 0 Å². The molecule has 0 aromatic rings. The van der Waals surface area contributed by atoms with Crippen molar-refractivity contribution in [2.45, 2.75) is 46.6 Å². The summed E-state index contributed by atoms with van der Waals surface area (Å²) in [5, 5.41) is 11.5. The Hall–Kier alpha value is -1.59. The maximum Gasteiger partial charge on any atom is 0.303 e. The molecule has 0 unspecified atom stereocenters. The summed E-state index contributed by atoms with van der Waals surface area (Å²) in [6.45, 7) is 7.12. The number of amides is 2. The molecule has 0 spiro atoms. The van der Waals surface area contributed by atoms with Crippen LogP contribution in [0.4, 0.5) is 0 Å². The third kappa shape index (κ3) is 8.18. The number of hydrogen-bond donors (Lipinski definition) is 2. The first-order valence-electron chi connectivity index (χ1n) is 6.28. The summed E-state index contributed by atoms with van der Waals surface area (Å²) < 4.78 is 0. The topological polar surface area (TPSA) is 86.7 Å². The van der Waals surface area contributed by atoms with E-state index < -0.39 is 11.4 Å². The third-order valence-corrected chi connectivity index (χ3v) is 2.52. The van der Waals surface area contributed by atoms with E-state index in [-0.39, 0.29) is 37.2 Å². The van der Waals surface area contributed by atoms with Crippen molar-refractivity contribution in [3.63, 3.8) is 0 Å². The van der Waals surface area contributed by atoms with Crippen molar-refractivity contribution in [2.75, 3.05) is 13.6 Å². The Morgan fingerprint density at radius 3 is 2.16 bits per heavy atom. The fourth-order valence-electron chi connectivity index (χ4n) is 1.69. The first-order valence-corrected chi connectivity index (χ1v) is 6.28. The van der Waals surface area contributed by atoms with Gasteiger partial charge in [0, 0.05) is 19.5 Å². The lowest BCUT2D eigenvalue weighted by Crippen LogP contribution is -2.42. The number of hydrogen-bond acceptors (Lipinski definition) is 3. The maximum atomic E-state index is 11.9. The molecule has 19 heavy (non-hydrogen) atoms. The van der Waals surface area contributed by atoms with E-state index in [4.69, 9.17) is 5.11 Å². The van der Waals surface area contributed by atoms with Gasteiger partial charge in [0.15, 0.2) is 0 Å². The average molecular weight is 272 g/mol. The van der Waals surface area contributed by atoms with Crippen LogP contribution in [0.3, 0.4) is 0 Å². The Morgan fingerprint density at radius 2 is 1.74 bits per heavy atom. The number of carbonyl (C=O) groups is 3. The summed E-state index contributed by atoms with van der Waals surface area (Å²) in [5.41, 5.74) is -0.619. The first kappa shape index (κ1) is 17.4. The lowest BCUT2D eigenvalue weighted by molar-refractivity contribution is -0.141. The second-order valence-electron chi connectivity index (χ2n) is 5.88. The van der Waals surface area contributed by atoms with Crippen molar-refractivity contribution < 1.29 is 19.5 Å². The lowest BCUT2D eigenvalue weighted by Gasteiger charge is -2.25. The Balaban J connectivity index is 4.34. The average Bonchev–Trinajstić information content (AvgIpc) is 2.12. The Bertz CT molecular complexity index is 351. The zero-order valence-electron chi connectivity index (χ0n) is 12.3. The Kier molecular flexibility index (Phi) is 6.52. The van der Waals surface area contributed by atoms with Crippen LogP contribution in [0.2, 0.25) is 0 Å². The highest BCUT2D eigenvalue weighted by atomic mass is 16.4. The van der Waals surface area contributed by atoms with Crippen molar-refractivity contribution in [1.82, 2.24) is 10.2 Å². The molecule has 0 radical (unpaired) electrons. The maximum absolute atomic E-state index is 11.9. The van der Waals surface area contributed by atoms with Crippen LogP contribution in [0.15, 0.2) is 0 Å². The van der Waals surface area contributed by atoms with Crippen LogP contribution in [0.1, 0.15) is 40.5 Å². The van der Waals surface area contributed by atoms with E-state index in [9.17, 15) is 14.4 Å². The van der Waals surface area contributed by atoms with Gasteiger partial charge in [0.25, 0.3) is 0 Å². The highest BCUT2D eigenvalue weighted by molar-refractivity contribution is 5.85. The summed E-state index contributed by atoms with van der Waals surface area (Å²) >= 11 is 0. The van der Waals surface area contributed by atoms with Gasteiger partial charge in [-0.1, -0.05) is 13.8 Å². The smallest absolute Gasteiger partial charge is 0.303 e. The van der Waals surface area contributed by atoms with E-state index in [1.165, 1.54) is 4.90 Å². The molecule has 110 valence electrons. The molecule has 0 aliphatic carbocycles. The first-order chi connectivity index (χ1) is 8.53. The van der Waals surface area contributed by atoms with Gasteiger partial charge in [-0.25, -0.2) is 0 Å². The molecule has 2 amide bonds. The number of nitrogens with one attached hydrogen (secondary N) is 1. The van der Waals surface area contributed by atoms with Gasteiger partial charge in [0.1, 0.15) is 0 Å². The fourth-order valence-corrected chi connectivity index (χ4v) is 1.69. The molecular weight excluding hydrogens is 248 g/mol. The molecule has 0 aromatic carbocycles. The quantitative estimate of drug-likeness (QED) is 0.719. The lowest BCUT2D eigenvalue weighted by atomic mass is 9.85. The molecule has 0 saturated carbocycles. The van der Waals surface area contributed by atoms with E-state index >= 15 is 0 Å². The SMILES string of the molecule is CC(C)NC(=O)CN(C)C(=O)CC(C)(C)CC(=O)O. The molecule has 0 aliphatic rings. The minimum Gasteiger partial charge on any atom is -0.481 e. The van der Waals surface area contributed by atoms with E-state index in [1.54, 1.807) is 20.9 Å². The predicted octanol–water partition coefficient (Wildman–Crippen LogP) is 0.860. The molecule has 2 N–H and O–H groups in total. The minimum atomic E-state index is -0.932. The molecule has 0 rings (SSSR count). The molecule has 0 fully saturated rings. The molecule has 0 bridgehead atoms. The number of carboxylic acid groups (broad SMARTS) is 1. The van der Waals surface area contributed by atoms with Gasteiger partial charge in [0.05, 0.1) is 13.0 Å². The molecule has 0 saturated heterocycles. The van der Waals surface area contributed by atoms with Crippen molar-refractivity contribution >= 4 is 17.8 Å². The van der Waals surface area contributed by atoms with Crippen LogP contribution < -0.4 is 5.32 Å². The Labute approximate surface area is 114 Å². The van der Waals surface area contributed by atoms with Crippen molar-refractivity contribution in [1.29, 1.82) is 0 Å². The van der Waals surface area contributed by atoms with Crippen molar-refractivity contribution in [3.05, 3.63) is 0 Å². The summed E-state index contributed by atoms with van der Waals surface area (Å²) in [6, 6.07) is 0.0273. The fraction of sp³-hybridized carbons (Fsp3) is 0.769. The monoisotopic (exact) mass is 272 g/mol. The zero-order valence-corrected chi connectivity index (χ0v) is 12.3. The molecule has 0 heterocycles. The summed E-state index contributed by atoms with van der Waals surface area (Å²) in [7, 11) is 1.54. The number of carbonyl (C=O) groups excluding carboxylic acids is 2. The van der Waals surface area contributed by atoms with Gasteiger partial charge in [-0.15, -0.1) is 0 Å². The molecule has 6 nitrogen and oxygen atoms in total. The second kappa shape index (κ2) is 7.11. The standard InChI is InChI=1S/C13H24N2O4/c1-9(2)14-10(16)8-15(5)11(17)6-13(3,4)7-12(18)19/h9H,6-8H2,1-5H3,(H,14,16)(H,18,19). The second-order valence-corrected chi connectivity index (χ2v) is 5.88. The normalized spacial score (nSPS) is 11.3. The van der Waals surface area contributed by atoms with Gasteiger partial charge in [-0.05, 0) is 19.3 Å². The van der Waals surface area contributed by atoms with E-state index in [0.29, 0.717) is 0 Å². The molecule has 0 aliphatic heterocycles. The summed E-state index contributed by atoms with van der Waals surface area (Å²) in [6.07, 6.45) is 0.0233. The zero-order chi connectivity index (χ0) is 15.2. The number of rotatable bonds is 7. The van der Waals surface area contributed by atoms with Crippen LogP contribution >= 0.6 is 0 Å².